The van der Waals surface area contributed by atoms with Crippen molar-refractivity contribution < 1.29 is 22.0 Å². The molecule has 0 aromatic carbocycles. The van der Waals surface area contributed by atoms with E-state index in [1.807, 2.05) is 0 Å². The van der Waals surface area contributed by atoms with E-state index in [0.29, 0.717) is 0 Å². The maximum absolute atomic E-state index is 9.47. The summed E-state index contributed by atoms with van der Waals surface area (Å²) in [4.78, 5) is 0. The second-order valence-corrected chi connectivity index (χ2v) is 1.69. The van der Waals surface area contributed by atoms with Crippen molar-refractivity contribution >= 4 is 20.0 Å². The summed E-state index contributed by atoms with van der Waals surface area (Å²) < 4.78 is 36.0. The van der Waals surface area contributed by atoms with Gasteiger partial charge in [0.15, 0.2) is 6.79 Å². The predicted molar refractivity (Wildman–Crippen MR) is 23.6 cm³/mol. The van der Waals surface area contributed by atoms with E-state index in [0.717, 1.165) is 0 Å². The molecule has 0 saturated carbocycles. The Morgan fingerprint density at radius 3 is 2.75 bits per heavy atom. The molecule has 0 aliphatic heterocycles. The van der Waals surface area contributed by atoms with E-state index in [1.54, 1.807) is 0 Å². The van der Waals surface area contributed by atoms with Crippen molar-refractivity contribution in [2.24, 2.45) is 0 Å². The van der Waals surface area contributed by atoms with Crippen molar-refractivity contribution in [1.82, 2.24) is 0 Å². The standard InChI is InChI=1S/CH3O5PS/c2-7-5-1-6-8(3)4/h1H2,(H,3,4)/p-1. The van der Waals surface area contributed by atoms with Crippen LogP contribution in [0.3, 0.4) is 0 Å². The molecule has 0 aromatic rings. The molecule has 0 rings (SSSR count). The molecule has 0 aliphatic rings. The van der Waals surface area contributed by atoms with Crippen molar-refractivity contribution in [2.75, 3.05) is 6.79 Å². The Hall–Kier alpha value is 0.130. The first-order valence-corrected chi connectivity index (χ1v) is 3.17. The van der Waals surface area contributed by atoms with Crippen LogP contribution in [-0.4, -0.2) is 15.6 Å². The molecular weight excluding hydrogens is 155 g/mol. The summed E-state index contributed by atoms with van der Waals surface area (Å²) in [7, 11) is -0.598. The van der Waals surface area contributed by atoms with E-state index in [2.05, 4.69) is 8.71 Å². The fraction of sp³-hybridized carbons (Fsp3) is 1.00. The van der Waals surface area contributed by atoms with Crippen LogP contribution in [0, 0.1) is 0 Å². The minimum atomic E-state index is -2.59. The van der Waals surface area contributed by atoms with Crippen molar-refractivity contribution in [3.05, 3.63) is 0 Å². The smallest absolute Gasteiger partial charge is 0.329 e. The van der Waals surface area contributed by atoms with Gasteiger partial charge in [-0.2, -0.15) is 0 Å². The highest BCUT2D eigenvalue weighted by Crippen LogP contribution is 1.93. The average molecular weight is 157 g/mol. The van der Waals surface area contributed by atoms with Gasteiger partial charge in [0.25, 0.3) is 0 Å². The van der Waals surface area contributed by atoms with E-state index >= 15 is 0 Å². The van der Waals surface area contributed by atoms with Crippen LogP contribution in [0.1, 0.15) is 0 Å². The van der Waals surface area contributed by atoms with Crippen LogP contribution in [0.5, 0.6) is 0 Å². The molecule has 8 heavy (non-hydrogen) atoms. The third-order valence-electron chi connectivity index (χ3n) is 0.250. The Bertz CT molecular complexity index is 92.4. The van der Waals surface area contributed by atoms with E-state index in [1.165, 1.54) is 0 Å². The molecule has 0 amide bonds. The molecule has 48 valence electrons. The van der Waals surface area contributed by atoms with Gasteiger partial charge in [0.2, 0.25) is 0 Å². The Morgan fingerprint density at radius 1 is 1.75 bits per heavy atom. The highest BCUT2D eigenvalue weighted by molar-refractivity contribution is 7.74. The van der Waals surface area contributed by atoms with Gasteiger partial charge in [-0.1, -0.05) is 0 Å². The fourth-order valence-electron chi connectivity index (χ4n) is 0.0823. The van der Waals surface area contributed by atoms with Gasteiger partial charge in [0.1, 0.15) is 0 Å². The summed E-state index contributed by atoms with van der Waals surface area (Å²) >= 11 is -2.59. The molecular formula is CH2O5PS-. The van der Waals surface area contributed by atoms with Gasteiger partial charge in [0, 0.05) is 0 Å². The predicted octanol–water partition coefficient (Wildman–Crippen LogP) is -0.0221. The quantitative estimate of drug-likeness (QED) is 0.248. The van der Waals surface area contributed by atoms with Crippen molar-refractivity contribution in [2.45, 2.75) is 0 Å². The van der Waals surface area contributed by atoms with Gasteiger partial charge in [-0.15, -0.1) is 0 Å². The third kappa shape index (κ3) is 6.13. The van der Waals surface area contributed by atoms with E-state index in [9.17, 15) is 13.3 Å². The van der Waals surface area contributed by atoms with E-state index < -0.39 is 26.8 Å². The summed E-state index contributed by atoms with van der Waals surface area (Å²) in [5.41, 5.74) is 0. The summed E-state index contributed by atoms with van der Waals surface area (Å²) in [6, 6.07) is 0. The van der Waals surface area contributed by atoms with Crippen LogP contribution in [0.4, 0.5) is 0 Å². The van der Waals surface area contributed by atoms with Gasteiger partial charge in [-0.05, 0) is 0 Å². The Balaban J connectivity index is 2.93. The van der Waals surface area contributed by atoms with Gasteiger partial charge in [-0.25, -0.2) is 8.77 Å². The van der Waals surface area contributed by atoms with Gasteiger partial charge < -0.3 is 4.55 Å². The highest BCUT2D eigenvalue weighted by atomic mass is 32.2. The summed E-state index contributed by atoms with van der Waals surface area (Å²) in [6.07, 6.45) is 0. The largest absolute Gasteiger partial charge is 0.750 e. The molecule has 7 heteroatoms. The lowest BCUT2D eigenvalue weighted by atomic mass is 11.6. The molecule has 1 atom stereocenters. The maximum Gasteiger partial charge on any atom is 0.329 e. The minimum Gasteiger partial charge on any atom is -0.750 e. The van der Waals surface area contributed by atoms with Gasteiger partial charge in [0.05, 0.1) is 11.4 Å². The fourth-order valence-corrected chi connectivity index (χ4v) is 0.376. The van der Waals surface area contributed by atoms with E-state index in [-0.39, 0.29) is 0 Å². The molecule has 0 spiro atoms. The number of hydrogen-bond acceptors (Lipinski definition) is 5. The SMILES string of the molecule is O=POCOS(=O)[O-]. The Kier molecular flexibility index (Phi) is 5.36. The topological polar surface area (TPSA) is 75.7 Å². The molecule has 0 saturated heterocycles. The Morgan fingerprint density at radius 2 is 2.38 bits per heavy atom. The zero-order valence-corrected chi connectivity index (χ0v) is 5.31. The first-order chi connectivity index (χ1) is 3.77. The zero-order valence-electron chi connectivity index (χ0n) is 3.60. The summed E-state index contributed by atoms with van der Waals surface area (Å²) in [5.74, 6) is 0. The molecule has 0 aliphatic carbocycles. The first-order valence-electron chi connectivity index (χ1n) is 1.44. The van der Waals surface area contributed by atoms with Crippen LogP contribution in [0.25, 0.3) is 0 Å². The van der Waals surface area contributed by atoms with Crippen LogP contribution in [0.2, 0.25) is 0 Å². The Labute approximate surface area is 49.8 Å². The first kappa shape index (κ1) is 8.13. The molecule has 1 unspecified atom stereocenters. The second-order valence-electron chi connectivity index (χ2n) is 0.643. The number of hydrogen-bond donors (Lipinski definition) is 0. The number of rotatable bonds is 4. The van der Waals surface area contributed by atoms with Gasteiger partial charge in [-0.3, -0.25) is 8.71 Å². The normalized spacial score (nSPS) is 14.1. The lowest BCUT2D eigenvalue weighted by molar-refractivity contribution is 0.135. The molecule has 0 radical (unpaired) electrons. The van der Waals surface area contributed by atoms with E-state index in [4.69, 9.17) is 0 Å². The minimum absolute atomic E-state index is 0.513. The average Bonchev–Trinajstić information content (AvgIpc) is 1.66. The van der Waals surface area contributed by atoms with Crippen molar-refractivity contribution in [1.29, 1.82) is 0 Å². The molecule has 0 N–H and O–H groups in total. The lowest BCUT2D eigenvalue weighted by Crippen LogP contribution is -1.96. The highest BCUT2D eigenvalue weighted by Gasteiger charge is 1.82. The summed E-state index contributed by atoms with van der Waals surface area (Å²) in [5, 5.41) is 0. The van der Waals surface area contributed by atoms with Crippen molar-refractivity contribution in [3.8, 4) is 0 Å². The molecule has 0 heterocycles. The maximum atomic E-state index is 9.47. The lowest BCUT2D eigenvalue weighted by Gasteiger charge is -2.00. The van der Waals surface area contributed by atoms with Crippen LogP contribution in [0.15, 0.2) is 0 Å². The third-order valence-corrected chi connectivity index (χ3v) is 0.749. The monoisotopic (exact) mass is 157 g/mol. The van der Waals surface area contributed by atoms with Gasteiger partial charge >= 0.3 is 8.69 Å². The molecule has 5 nitrogen and oxygen atoms in total. The van der Waals surface area contributed by atoms with Crippen LogP contribution >= 0.6 is 8.69 Å². The zero-order chi connectivity index (χ0) is 6.41. The molecule has 0 aromatic heterocycles. The summed E-state index contributed by atoms with van der Waals surface area (Å²) in [6.45, 7) is -0.513. The molecule has 0 fully saturated rings. The van der Waals surface area contributed by atoms with Crippen LogP contribution in [-0.2, 0) is 24.6 Å². The van der Waals surface area contributed by atoms with Crippen LogP contribution < -0.4 is 0 Å². The molecule has 0 bridgehead atoms. The second kappa shape index (κ2) is 5.27. The van der Waals surface area contributed by atoms with Crippen molar-refractivity contribution in [3.63, 3.8) is 0 Å².